The van der Waals surface area contributed by atoms with Gasteiger partial charge in [-0.05, 0) is 43.3 Å². The van der Waals surface area contributed by atoms with Crippen molar-refractivity contribution in [2.75, 3.05) is 31.7 Å². The molecule has 1 amide bonds. The number of aromatic nitrogens is 1. The molecule has 28 heavy (non-hydrogen) atoms. The molecular weight excluding hydrogens is 381 g/mol. The second-order valence-corrected chi connectivity index (χ2v) is 7.20. The fraction of sp³-hybridized carbons (Fsp3) is 0.368. The van der Waals surface area contributed by atoms with E-state index >= 15 is 0 Å². The molecule has 9 heteroatoms. The number of aliphatic imine (C=N–C) groups is 1. The van der Waals surface area contributed by atoms with E-state index in [1.165, 1.54) is 23.5 Å². The number of carbonyl (C=O) groups is 1. The van der Waals surface area contributed by atoms with Gasteiger partial charge in [0.15, 0.2) is 5.84 Å². The summed E-state index contributed by atoms with van der Waals surface area (Å²) >= 11 is 1.35. The second-order valence-electron chi connectivity index (χ2n) is 6.36. The van der Waals surface area contributed by atoms with Gasteiger partial charge in [-0.3, -0.25) is 15.2 Å². The van der Waals surface area contributed by atoms with E-state index in [9.17, 15) is 9.18 Å². The Balaban J connectivity index is 0.000000211. The fourth-order valence-electron chi connectivity index (χ4n) is 3.19. The summed E-state index contributed by atoms with van der Waals surface area (Å²) in [6.45, 7) is 5.47. The first-order valence-electron chi connectivity index (χ1n) is 8.89. The van der Waals surface area contributed by atoms with Crippen molar-refractivity contribution in [3.8, 4) is 0 Å². The lowest BCUT2D eigenvalue weighted by molar-refractivity contribution is -0.124. The van der Waals surface area contributed by atoms with Crippen LogP contribution in [-0.2, 0) is 16.0 Å². The summed E-state index contributed by atoms with van der Waals surface area (Å²) in [6, 6.07) is 4.65. The van der Waals surface area contributed by atoms with Crippen molar-refractivity contribution in [3.05, 3.63) is 40.8 Å². The van der Waals surface area contributed by atoms with E-state index in [4.69, 9.17) is 10.1 Å². The Morgan fingerprint density at radius 1 is 1.54 bits per heavy atom. The molecule has 1 saturated heterocycles. The maximum Gasteiger partial charge on any atom is 0.225 e. The first-order valence-corrected chi connectivity index (χ1v) is 9.77. The summed E-state index contributed by atoms with van der Waals surface area (Å²) in [7, 11) is 1.65. The van der Waals surface area contributed by atoms with Gasteiger partial charge in [-0.25, -0.2) is 9.37 Å². The van der Waals surface area contributed by atoms with Crippen molar-refractivity contribution in [3.63, 3.8) is 0 Å². The SMILES string of the molecule is C=Nc1scnc1C(=N)N1CCc2cc(F)ccc21.CNC(=O)C1CCOC1. The van der Waals surface area contributed by atoms with E-state index in [1.54, 1.807) is 18.6 Å². The average Bonchev–Trinajstić information content (AvgIpc) is 3.46. The van der Waals surface area contributed by atoms with Crippen LogP contribution in [0.3, 0.4) is 0 Å². The summed E-state index contributed by atoms with van der Waals surface area (Å²) in [5, 5.41) is 11.5. The Bertz CT molecular complexity index is 879. The number of amides is 1. The van der Waals surface area contributed by atoms with Crippen molar-refractivity contribution >= 4 is 40.5 Å². The minimum atomic E-state index is -0.241. The lowest BCUT2D eigenvalue weighted by Crippen LogP contribution is -2.29. The number of thiazole rings is 1. The largest absolute Gasteiger partial charge is 0.381 e. The Morgan fingerprint density at radius 3 is 3.04 bits per heavy atom. The number of nitrogens with zero attached hydrogens (tertiary/aromatic N) is 3. The number of nitrogens with one attached hydrogen (secondary N) is 2. The van der Waals surface area contributed by atoms with E-state index in [2.05, 4.69) is 22.0 Å². The fourth-order valence-corrected chi connectivity index (χ4v) is 3.78. The average molecular weight is 403 g/mol. The van der Waals surface area contributed by atoms with E-state index in [1.807, 2.05) is 4.90 Å². The zero-order valence-electron chi connectivity index (χ0n) is 15.6. The number of carbonyl (C=O) groups excluding carboxylic acids is 1. The molecule has 1 aromatic carbocycles. The van der Waals surface area contributed by atoms with Crippen LogP contribution in [0.25, 0.3) is 0 Å². The molecule has 7 nitrogen and oxygen atoms in total. The molecule has 2 N–H and O–H groups in total. The Hall–Kier alpha value is -2.65. The highest BCUT2D eigenvalue weighted by Crippen LogP contribution is 2.32. The highest BCUT2D eigenvalue weighted by atomic mass is 32.1. The maximum atomic E-state index is 13.2. The first kappa shape index (κ1) is 20.1. The number of amidine groups is 1. The maximum absolute atomic E-state index is 13.2. The van der Waals surface area contributed by atoms with Gasteiger partial charge in [0.2, 0.25) is 5.91 Å². The number of fused-ring (bicyclic) bond motifs is 1. The number of anilines is 1. The van der Waals surface area contributed by atoms with Crippen LogP contribution in [0.5, 0.6) is 0 Å². The molecule has 0 spiro atoms. The number of rotatable bonds is 3. The number of ether oxygens (including phenoxy) is 1. The Morgan fingerprint density at radius 2 is 2.36 bits per heavy atom. The monoisotopic (exact) mass is 403 g/mol. The van der Waals surface area contributed by atoms with Crippen LogP contribution in [0.1, 0.15) is 17.7 Å². The Kier molecular flexibility index (Phi) is 6.48. The molecule has 0 bridgehead atoms. The quantitative estimate of drug-likeness (QED) is 0.609. The van der Waals surface area contributed by atoms with Gasteiger partial charge < -0.3 is 15.0 Å². The molecule has 2 aromatic rings. The van der Waals surface area contributed by atoms with E-state index in [0.29, 0.717) is 23.8 Å². The first-order chi connectivity index (χ1) is 13.5. The van der Waals surface area contributed by atoms with Crippen LogP contribution in [-0.4, -0.2) is 50.3 Å². The smallest absolute Gasteiger partial charge is 0.225 e. The second kappa shape index (κ2) is 9.03. The normalized spacial score (nSPS) is 17.5. The molecule has 1 aromatic heterocycles. The zero-order valence-corrected chi connectivity index (χ0v) is 16.4. The number of hydrogen-bond acceptors (Lipinski definition) is 6. The third-order valence-electron chi connectivity index (χ3n) is 4.67. The molecule has 1 fully saturated rings. The molecule has 2 aliphatic rings. The molecule has 0 aliphatic carbocycles. The molecule has 148 valence electrons. The van der Waals surface area contributed by atoms with Gasteiger partial charge in [0.25, 0.3) is 0 Å². The van der Waals surface area contributed by atoms with E-state index < -0.39 is 0 Å². The van der Waals surface area contributed by atoms with Gasteiger partial charge in [0.1, 0.15) is 16.5 Å². The van der Waals surface area contributed by atoms with Gasteiger partial charge in [-0.15, -0.1) is 11.3 Å². The standard InChI is InChI=1S/C13H11FN4S.C6H11NO2/c1-16-13-11(17-7-19-13)12(15)18-5-4-8-6-9(14)2-3-10(8)18;1-7-6(8)5-2-3-9-4-5/h2-3,6-7,15H,1,4-5H2;5H,2-4H2,1H3,(H,7,8). The predicted molar refractivity (Wildman–Crippen MR) is 109 cm³/mol. The minimum Gasteiger partial charge on any atom is -0.381 e. The highest BCUT2D eigenvalue weighted by Gasteiger charge is 2.26. The van der Waals surface area contributed by atoms with Crippen molar-refractivity contribution in [1.82, 2.24) is 10.3 Å². The summed E-state index contributed by atoms with van der Waals surface area (Å²) in [4.78, 5) is 20.7. The van der Waals surface area contributed by atoms with Crippen molar-refractivity contribution < 1.29 is 13.9 Å². The van der Waals surface area contributed by atoms with Gasteiger partial charge in [0.05, 0.1) is 18.0 Å². The van der Waals surface area contributed by atoms with Gasteiger partial charge in [-0.2, -0.15) is 0 Å². The molecule has 2 aliphatic heterocycles. The third-order valence-corrected chi connectivity index (χ3v) is 5.43. The molecular formula is C19H22FN5O2S. The van der Waals surface area contributed by atoms with Gasteiger partial charge >= 0.3 is 0 Å². The van der Waals surface area contributed by atoms with E-state index in [0.717, 1.165) is 30.7 Å². The molecule has 3 heterocycles. The van der Waals surface area contributed by atoms with Crippen LogP contribution in [0, 0.1) is 17.1 Å². The highest BCUT2D eigenvalue weighted by molar-refractivity contribution is 7.14. The summed E-state index contributed by atoms with van der Waals surface area (Å²) in [5.74, 6) is 0.255. The van der Waals surface area contributed by atoms with Crippen LogP contribution < -0.4 is 10.2 Å². The molecule has 0 saturated carbocycles. The third kappa shape index (κ3) is 4.26. The van der Waals surface area contributed by atoms with Crippen LogP contribution in [0.15, 0.2) is 28.7 Å². The minimum absolute atomic E-state index is 0.104. The lowest BCUT2D eigenvalue weighted by Gasteiger charge is -2.19. The predicted octanol–water partition coefficient (Wildman–Crippen LogP) is 2.77. The molecule has 1 atom stereocenters. The van der Waals surface area contributed by atoms with Crippen molar-refractivity contribution in [1.29, 1.82) is 5.41 Å². The molecule has 4 rings (SSSR count). The van der Waals surface area contributed by atoms with Gasteiger partial charge in [-0.1, -0.05) is 0 Å². The molecule has 0 radical (unpaired) electrons. The number of hydrogen-bond donors (Lipinski definition) is 2. The summed E-state index contributed by atoms with van der Waals surface area (Å²) in [5.41, 5.74) is 3.97. The number of benzene rings is 1. The molecule has 1 unspecified atom stereocenters. The van der Waals surface area contributed by atoms with E-state index in [-0.39, 0.29) is 23.5 Å². The van der Waals surface area contributed by atoms with Gasteiger partial charge in [0, 0.05) is 25.9 Å². The van der Waals surface area contributed by atoms with Crippen LogP contribution in [0.4, 0.5) is 15.1 Å². The summed E-state index contributed by atoms with van der Waals surface area (Å²) in [6.07, 6.45) is 1.61. The van der Waals surface area contributed by atoms with Crippen LogP contribution >= 0.6 is 11.3 Å². The van der Waals surface area contributed by atoms with Crippen molar-refractivity contribution in [2.45, 2.75) is 12.8 Å². The topological polar surface area (TPSA) is 90.7 Å². The Labute approximate surface area is 166 Å². The zero-order chi connectivity index (χ0) is 20.1. The lowest BCUT2D eigenvalue weighted by atomic mass is 10.1. The summed E-state index contributed by atoms with van der Waals surface area (Å²) < 4.78 is 18.2. The van der Waals surface area contributed by atoms with Crippen LogP contribution in [0.2, 0.25) is 0 Å². The van der Waals surface area contributed by atoms with Crippen molar-refractivity contribution in [2.24, 2.45) is 10.9 Å². The number of halogens is 1.